The van der Waals surface area contributed by atoms with Crippen LogP contribution in [-0.4, -0.2) is 19.2 Å². The third kappa shape index (κ3) is 5.99. The molecule has 6 nitrogen and oxygen atoms in total. The van der Waals surface area contributed by atoms with Gasteiger partial charge in [0.2, 0.25) is 6.33 Å². The fourth-order valence-corrected chi connectivity index (χ4v) is 1.20. The van der Waals surface area contributed by atoms with Gasteiger partial charge in [0, 0.05) is 0 Å². The molecule has 0 spiro atoms. The molecular formula is C10H14N2O4P+. The number of aromatic nitrogens is 2. The molecule has 2 rings (SSSR count). The number of rotatable bonds is 1. The molecule has 0 bridgehead atoms. The smallest absolute Gasteiger partial charge is 0.303 e. The van der Waals surface area contributed by atoms with Gasteiger partial charge in [-0.15, -0.1) is 0 Å². The van der Waals surface area contributed by atoms with E-state index in [1.54, 1.807) is 0 Å². The molecule has 7 heteroatoms. The average molecular weight is 257 g/mol. The van der Waals surface area contributed by atoms with Crippen LogP contribution < -0.4 is 4.57 Å². The van der Waals surface area contributed by atoms with Crippen molar-refractivity contribution in [1.82, 2.24) is 4.57 Å². The van der Waals surface area contributed by atoms with Crippen LogP contribution in [0, 0.1) is 0 Å². The van der Waals surface area contributed by atoms with Gasteiger partial charge in [0.05, 0.1) is 7.05 Å². The lowest BCUT2D eigenvalue weighted by Crippen LogP contribution is -2.26. The topological polar surface area (TPSA) is 86.6 Å². The Balaban J connectivity index is 0.000000249. The summed E-state index contributed by atoms with van der Waals surface area (Å²) in [5.74, 6) is 0. The normalized spacial score (nSPS) is 10.6. The first-order valence-corrected chi connectivity index (χ1v) is 6.30. The molecular weight excluding hydrogens is 243 g/mol. The number of benzene rings is 1. The van der Waals surface area contributed by atoms with E-state index in [0.717, 1.165) is 0 Å². The van der Waals surface area contributed by atoms with Crippen molar-refractivity contribution in [3.8, 4) is 5.69 Å². The van der Waals surface area contributed by atoms with Gasteiger partial charge in [-0.3, -0.25) is 0 Å². The molecule has 0 saturated carbocycles. The van der Waals surface area contributed by atoms with Crippen molar-refractivity contribution in [3.63, 3.8) is 0 Å². The van der Waals surface area contributed by atoms with Crippen LogP contribution in [0.25, 0.3) is 5.69 Å². The summed E-state index contributed by atoms with van der Waals surface area (Å²) in [5.41, 5.74) is 1.19. The van der Waals surface area contributed by atoms with Crippen molar-refractivity contribution < 1.29 is 23.8 Å². The molecule has 3 N–H and O–H groups in total. The zero-order valence-electron chi connectivity index (χ0n) is 9.21. The van der Waals surface area contributed by atoms with E-state index in [-0.39, 0.29) is 0 Å². The lowest BCUT2D eigenvalue weighted by molar-refractivity contribution is -0.595. The van der Waals surface area contributed by atoms with Crippen LogP contribution in [0.2, 0.25) is 0 Å². The summed E-state index contributed by atoms with van der Waals surface area (Å²) in [6.45, 7) is 0. The van der Waals surface area contributed by atoms with Crippen molar-refractivity contribution in [3.05, 3.63) is 49.1 Å². The Morgan fingerprint density at radius 2 is 1.71 bits per heavy atom. The maximum atomic E-state index is 8.88. The largest absolute Gasteiger partial charge is 0.466 e. The Morgan fingerprint density at radius 3 is 2.12 bits per heavy atom. The molecule has 2 aromatic rings. The number of hydrogen-bond donors (Lipinski definition) is 3. The van der Waals surface area contributed by atoms with Gasteiger partial charge in [0.1, 0.15) is 18.1 Å². The van der Waals surface area contributed by atoms with Crippen LogP contribution >= 0.6 is 7.82 Å². The Morgan fingerprint density at radius 1 is 1.18 bits per heavy atom. The van der Waals surface area contributed by atoms with E-state index in [2.05, 4.69) is 16.7 Å². The molecule has 0 aliphatic heterocycles. The first-order chi connectivity index (χ1) is 7.86. The van der Waals surface area contributed by atoms with Gasteiger partial charge >= 0.3 is 7.82 Å². The minimum Gasteiger partial charge on any atom is -0.303 e. The molecule has 0 saturated heterocycles. The van der Waals surface area contributed by atoms with Crippen molar-refractivity contribution in [2.45, 2.75) is 0 Å². The summed E-state index contributed by atoms with van der Waals surface area (Å²) >= 11 is 0. The predicted octanol–water partition coefficient (Wildman–Crippen LogP) is 0.373. The van der Waals surface area contributed by atoms with Crippen LogP contribution in [-0.2, 0) is 11.6 Å². The molecule has 0 fully saturated rings. The zero-order chi connectivity index (χ0) is 12.9. The average Bonchev–Trinajstić information content (AvgIpc) is 2.64. The van der Waals surface area contributed by atoms with Gasteiger partial charge in [0.25, 0.3) is 0 Å². The second-order valence-corrected chi connectivity index (χ2v) is 4.36. The standard InChI is InChI=1S/C10H11N2.H3O4P/c1-11-7-8-12(9-11)10-5-3-2-4-6-10;1-5(2,3)4/h2-9H,1H3;(H3,1,2,3,4)/q+1;. The molecule has 0 radical (unpaired) electrons. The molecule has 0 aliphatic carbocycles. The minimum atomic E-state index is -4.64. The lowest BCUT2D eigenvalue weighted by Gasteiger charge is -1.91. The van der Waals surface area contributed by atoms with Crippen molar-refractivity contribution >= 4 is 7.82 Å². The minimum absolute atomic E-state index is 1.19. The maximum Gasteiger partial charge on any atom is 0.466 e. The molecule has 17 heavy (non-hydrogen) atoms. The van der Waals surface area contributed by atoms with Crippen LogP contribution in [0.15, 0.2) is 49.1 Å². The Bertz CT molecular complexity index is 498. The van der Waals surface area contributed by atoms with Crippen molar-refractivity contribution in [1.29, 1.82) is 0 Å². The molecule has 1 aromatic heterocycles. The van der Waals surface area contributed by atoms with Crippen LogP contribution in [0.1, 0.15) is 0 Å². The number of imidazole rings is 1. The first-order valence-electron chi connectivity index (χ1n) is 4.73. The molecule has 0 aliphatic rings. The third-order valence-corrected chi connectivity index (χ3v) is 1.82. The van der Waals surface area contributed by atoms with Gasteiger partial charge in [-0.25, -0.2) is 13.7 Å². The van der Waals surface area contributed by atoms with Gasteiger partial charge in [-0.2, -0.15) is 0 Å². The van der Waals surface area contributed by atoms with E-state index in [1.807, 2.05) is 48.5 Å². The molecule has 1 heterocycles. The summed E-state index contributed by atoms with van der Waals surface area (Å²) in [5, 5.41) is 0. The van der Waals surface area contributed by atoms with E-state index in [4.69, 9.17) is 19.2 Å². The number of hydrogen-bond acceptors (Lipinski definition) is 1. The van der Waals surface area contributed by atoms with Gasteiger partial charge in [0.15, 0.2) is 0 Å². The van der Waals surface area contributed by atoms with E-state index < -0.39 is 7.82 Å². The monoisotopic (exact) mass is 257 g/mol. The maximum absolute atomic E-state index is 8.88. The number of para-hydroxylation sites is 1. The highest BCUT2D eigenvalue weighted by molar-refractivity contribution is 7.45. The summed E-state index contributed by atoms with van der Waals surface area (Å²) in [6, 6.07) is 10.3. The predicted molar refractivity (Wildman–Crippen MR) is 61.2 cm³/mol. The van der Waals surface area contributed by atoms with Crippen molar-refractivity contribution in [2.75, 3.05) is 0 Å². The highest BCUT2D eigenvalue weighted by Crippen LogP contribution is 2.25. The van der Waals surface area contributed by atoms with Gasteiger partial charge < -0.3 is 14.7 Å². The van der Waals surface area contributed by atoms with E-state index in [1.165, 1.54) is 5.69 Å². The second-order valence-electron chi connectivity index (χ2n) is 3.34. The number of phosphoric acid groups is 1. The van der Waals surface area contributed by atoms with E-state index in [0.29, 0.717) is 0 Å². The molecule has 1 aromatic carbocycles. The Labute approximate surface area is 98.6 Å². The van der Waals surface area contributed by atoms with Gasteiger partial charge in [-0.05, 0) is 12.1 Å². The lowest BCUT2D eigenvalue weighted by atomic mass is 10.3. The quantitative estimate of drug-likeness (QED) is 0.509. The summed E-state index contributed by atoms with van der Waals surface area (Å²) < 4.78 is 13.0. The second kappa shape index (κ2) is 5.75. The molecule has 92 valence electrons. The fourth-order valence-electron chi connectivity index (χ4n) is 1.20. The zero-order valence-corrected chi connectivity index (χ0v) is 10.1. The Kier molecular flexibility index (Phi) is 4.60. The molecule has 0 unspecified atom stereocenters. The highest BCUT2D eigenvalue weighted by atomic mass is 31.2. The van der Waals surface area contributed by atoms with Crippen LogP contribution in [0.3, 0.4) is 0 Å². The molecule has 0 atom stereocenters. The van der Waals surface area contributed by atoms with E-state index in [9.17, 15) is 0 Å². The molecule has 0 amide bonds. The van der Waals surface area contributed by atoms with Crippen LogP contribution in [0.4, 0.5) is 0 Å². The Hall–Kier alpha value is -1.46. The first kappa shape index (κ1) is 13.6. The SMILES string of the molecule is Cn1cc[n+](-c2ccccc2)c1.O=P(O)(O)O. The van der Waals surface area contributed by atoms with Gasteiger partial charge in [-0.1, -0.05) is 18.2 Å². The summed E-state index contributed by atoms with van der Waals surface area (Å²) in [6.07, 6.45) is 6.09. The number of aryl methyl sites for hydroxylation is 1. The summed E-state index contributed by atoms with van der Waals surface area (Å²) in [4.78, 5) is 21.6. The van der Waals surface area contributed by atoms with Crippen LogP contribution in [0.5, 0.6) is 0 Å². The third-order valence-electron chi connectivity index (χ3n) is 1.82. The van der Waals surface area contributed by atoms with Crippen molar-refractivity contribution in [2.24, 2.45) is 7.05 Å². The summed E-state index contributed by atoms with van der Waals surface area (Å²) in [7, 11) is -2.63. The highest BCUT2D eigenvalue weighted by Gasteiger charge is 2.01. The van der Waals surface area contributed by atoms with E-state index >= 15 is 0 Å². The fraction of sp³-hybridized carbons (Fsp3) is 0.100. The number of nitrogens with zero attached hydrogens (tertiary/aromatic N) is 2.